The molecule has 1 aliphatic carbocycles. The monoisotopic (exact) mass is 342 g/mol. The summed E-state index contributed by atoms with van der Waals surface area (Å²) in [5.41, 5.74) is 0.573. The number of nitrogens with zero attached hydrogens (tertiary/aromatic N) is 2. The van der Waals surface area contributed by atoms with Crippen molar-refractivity contribution in [3.63, 3.8) is 0 Å². The van der Waals surface area contributed by atoms with E-state index in [0.717, 1.165) is 32.4 Å². The Balaban J connectivity index is 1.61. The third-order valence-corrected chi connectivity index (χ3v) is 5.42. The van der Waals surface area contributed by atoms with Gasteiger partial charge in [-0.05, 0) is 37.5 Å². The highest BCUT2D eigenvalue weighted by atomic mass is 35.5. The lowest BCUT2D eigenvalue weighted by atomic mass is 10.1. The maximum absolute atomic E-state index is 12.5. The van der Waals surface area contributed by atoms with Crippen LogP contribution in [-0.4, -0.2) is 59.1 Å². The molecule has 1 aromatic rings. The zero-order chi connectivity index (χ0) is 15.7. The summed E-state index contributed by atoms with van der Waals surface area (Å²) in [5, 5.41) is 10.9. The van der Waals surface area contributed by atoms with Crippen molar-refractivity contribution in [1.82, 2.24) is 9.80 Å². The van der Waals surface area contributed by atoms with Gasteiger partial charge in [-0.1, -0.05) is 23.2 Å². The highest BCUT2D eigenvalue weighted by Crippen LogP contribution is 2.26. The summed E-state index contributed by atoms with van der Waals surface area (Å²) in [5.74, 6) is -0.00909. The number of aliphatic hydroxyl groups is 1. The molecule has 0 bridgehead atoms. The van der Waals surface area contributed by atoms with E-state index in [1.165, 1.54) is 0 Å². The van der Waals surface area contributed by atoms with Gasteiger partial charge in [-0.15, -0.1) is 0 Å². The summed E-state index contributed by atoms with van der Waals surface area (Å²) >= 11 is 11.9. The van der Waals surface area contributed by atoms with E-state index in [1.807, 2.05) is 4.90 Å². The Bertz CT molecular complexity index is 559. The number of rotatable bonds is 2. The Morgan fingerprint density at radius 2 is 1.82 bits per heavy atom. The van der Waals surface area contributed by atoms with Crippen molar-refractivity contribution in [2.45, 2.75) is 31.4 Å². The summed E-state index contributed by atoms with van der Waals surface area (Å²) in [6, 6.07) is 5.26. The predicted molar refractivity (Wildman–Crippen MR) is 87.6 cm³/mol. The molecular weight excluding hydrogens is 323 g/mol. The lowest BCUT2D eigenvalue weighted by Crippen LogP contribution is -2.53. The molecule has 6 heteroatoms. The van der Waals surface area contributed by atoms with Crippen LogP contribution in [0.1, 0.15) is 29.6 Å². The summed E-state index contributed by atoms with van der Waals surface area (Å²) in [6.45, 7) is 2.99. The molecule has 1 amide bonds. The van der Waals surface area contributed by atoms with Gasteiger partial charge in [0.1, 0.15) is 0 Å². The quantitative estimate of drug-likeness (QED) is 0.898. The van der Waals surface area contributed by atoms with Gasteiger partial charge in [-0.3, -0.25) is 9.69 Å². The van der Waals surface area contributed by atoms with Crippen molar-refractivity contribution in [1.29, 1.82) is 0 Å². The molecule has 1 saturated carbocycles. The lowest BCUT2D eigenvalue weighted by Gasteiger charge is -2.39. The van der Waals surface area contributed by atoms with Crippen LogP contribution in [-0.2, 0) is 0 Å². The van der Waals surface area contributed by atoms with Crippen molar-refractivity contribution in [3.8, 4) is 0 Å². The van der Waals surface area contributed by atoms with Crippen molar-refractivity contribution >= 4 is 29.1 Å². The van der Waals surface area contributed by atoms with Gasteiger partial charge in [-0.25, -0.2) is 0 Å². The SMILES string of the molecule is O=C(c1ccc(Cl)c(Cl)c1)N1CCN([C@@H]2CCC[C@H]2O)CC1. The van der Waals surface area contributed by atoms with E-state index in [9.17, 15) is 9.90 Å². The zero-order valence-corrected chi connectivity index (χ0v) is 13.9. The molecule has 120 valence electrons. The van der Waals surface area contributed by atoms with E-state index in [1.54, 1.807) is 18.2 Å². The molecule has 0 spiro atoms. The van der Waals surface area contributed by atoms with Crippen LogP contribution in [0.5, 0.6) is 0 Å². The number of benzene rings is 1. The van der Waals surface area contributed by atoms with Crippen LogP contribution in [0.25, 0.3) is 0 Å². The molecule has 0 aromatic heterocycles. The minimum absolute atomic E-state index is 0.00909. The van der Waals surface area contributed by atoms with Gasteiger partial charge in [-0.2, -0.15) is 0 Å². The summed E-state index contributed by atoms with van der Waals surface area (Å²) in [7, 11) is 0. The van der Waals surface area contributed by atoms with Gasteiger partial charge in [0.25, 0.3) is 5.91 Å². The van der Waals surface area contributed by atoms with Crippen molar-refractivity contribution in [2.75, 3.05) is 26.2 Å². The fourth-order valence-electron chi connectivity index (χ4n) is 3.42. The average molecular weight is 343 g/mol. The molecule has 4 nitrogen and oxygen atoms in total. The number of hydrogen-bond acceptors (Lipinski definition) is 3. The maximum Gasteiger partial charge on any atom is 0.253 e. The van der Waals surface area contributed by atoms with Gasteiger partial charge in [0, 0.05) is 37.8 Å². The van der Waals surface area contributed by atoms with E-state index in [4.69, 9.17) is 23.2 Å². The molecule has 2 atom stereocenters. The standard InChI is InChI=1S/C16H20Cl2N2O2/c17-12-5-4-11(10-13(12)18)16(22)20-8-6-19(7-9-20)14-2-1-3-15(14)21/h4-5,10,14-15,21H,1-3,6-9H2/t14-,15-/m1/s1. The summed E-state index contributed by atoms with van der Waals surface area (Å²) in [6.07, 6.45) is 2.83. The van der Waals surface area contributed by atoms with E-state index in [-0.39, 0.29) is 18.1 Å². The van der Waals surface area contributed by atoms with Crippen LogP contribution >= 0.6 is 23.2 Å². The Kier molecular flexibility index (Phi) is 4.93. The van der Waals surface area contributed by atoms with Crippen LogP contribution in [0, 0.1) is 0 Å². The van der Waals surface area contributed by atoms with Crippen LogP contribution in [0.15, 0.2) is 18.2 Å². The van der Waals surface area contributed by atoms with Gasteiger partial charge in [0.2, 0.25) is 0 Å². The highest BCUT2D eigenvalue weighted by molar-refractivity contribution is 6.42. The third kappa shape index (κ3) is 3.25. The molecule has 1 heterocycles. The van der Waals surface area contributed by atoms with E-state index in [0.29, 0.717) is 28.7 Å². The second kappa shape index (κ2) is 6.75. The highest BCUT2D eigenvalue weighted by Gasteiger charge is 2.33. The number of aliphatic hydroxyl groups excluding tert-OH is 1. The van der Waals surface area contributed by atoms with Crippen LogP contribution in [0.2, 0.25) is 10.0 Å². The van der Waals surface area contributed by atoms with E-state index >= 15 is 0 Å². The normalized spacial score (nSPS) is 26.4. The van der Waals surface area contributed by atoms with Crippen LogP contribution in [0.3, 0.4) is 0 Å². The van der Waals surface area contributed by atoms with Gasteiger partial charge >= 0.3 is 0 Å². The fraction of sp³-hybridized carbons (Fsp3) is 0.562. The molecule has 0 radical (unpaired) electrons. The molecule has 2 aliphatic rings. The first-order chi connectivity index (χ1) is 10.6. The number of amides is 1. The third-order valence-electron chi connectivity index (χ3n) is 4.68. The first kappa shape index (κ1) is 16.1. The summed E-state index contributed by atoms with van der Waals surface area (Å²) in [4.78, 5) is 16.7. The number of carbonyl (C=O) groups excluding carboxylic acids is 1. The molecule has 2 fully saturated rings. The maximum atomic E-state index is 12.5. The minimum Gasteiger partial charge on any atom is -0.391 e. The smallest absolute Gasteiger partial charge is 0.253 e. The Morgan fingerprint density at radius 1 is 1.09 bits per heavy atom. The topological polar surface area (TPSA) is 43.8 Å². The molecule has 3 rings (SSSR count). The Hall–Kier alpha value is -0.810. The van der Waals surface area contributed by atoms with Crippen LogP contribution in [0.4, 0.5) is 0 Å². The number of piperazine rings is 1. The number of halogens is 2. The Morgan fingerprint density at radius 3 is 2.41 bits per heavy atom. The predicted octanol–water partition coefficient (Wildman–Crippen LogP) is 2.66. The van der Waals surface area contributed by atoms with E-state index < -0.39 is 0 Å². The minimum atomic E-state index is -0.211. The molecule has 1 aliphatic heterocycles. The number of carbonyl (C=O) groups is 1. The molecule has 1 saturated heterocycles. The van der Waals surface area contributed by atoms with Crippen LogP contribution < -0.4 is 0 Å². The first-order valence-corrected chi connectivity index (χ1v) is 8.48. The molecular formula is C16H20Cl2N2O2. The van der Waals surface area contributed by atoms with Gasteiger partial charge < -0.3 is 10.0 Å². The van der Waals surface area contributed by atoms with E-state index in [2.05, 4.69) is 4.90 Å². The zero-order valence-electron chi connectivity index (χ0n) is 12.3. The lowest BCUT2D eigenvalue weighted by molar-refractivity contribution is 0.0315. The largest absolute Gasteiger partial charge is 0.391 e. The number of hydrogen-bond donors (Lipinski definition) is 1. The molecule has 22 heavy (non-hydrogen) atoms. The average Bonchev–Trinajstić information content (AvgIpc) is 2.95. The van der Waals surface area contributed by atoms with Gasteiger partial charge in [0.15, 0.2) is 0 Å². The Labute approximate surface area is 140 Å². The molecule has 0 unspecified atom stereocenters. The first-order valence-electron chi connectivity index (χ1n) is 7.72. The van der Waals surface area contributed by atoms with Crippen molar-refractivity contribution in [2.24, 2.45) is 0 Å². The second-order valence-corrected chi connectivity index (χ2v) is 6.84. The second-order valence-electron chi connectivity index (χ2n) is 6.02. The summed E-state index contributed by atoms with van der Waals surface area (Å²) < 4.78 is 0. The fourth-order valence-corrected chi connectivity index (χ4v) is 3.71. The van der Waals surface area contributed by atoms with Crippen molar-refractivity contribution in [3.05, 3.63) is 33.8 Å². The van der Waals surface area contributed by atoms with Crippen molar-refractivity contribution < 1.29 is 9.90 Å². The molecule has 1 aromatic carbocycles. The van der Waals surface area contributed by atoms with Gasteiger partial charge in [0.05, 0.1) is 16.1 Å². The molecule has 1 N–H and O–H groups in total.